The first-order chi connectivity index (χ1) is 8.96. The van der Waals surface area contributed by atoms with Crippen molar-refractivity contribution in [3.8, 4) is 0 Å². The average Bonchev–Trinajstić information content (AvgIpc) is 2.84. The molecule has 1 atom stereocenters. The lowest BCUT2D eigenvalue weighted by atomic mass is 9.81. The number of hydrogen-bond donors (Lipinski definition) is 2. The van der Waals surface area contributed by atoms with Crippen molar-refractivity contribution in [3.05, 3.63) is 0 Å². The predicted molar refractivity (Wildman–Crippen MR) is 78.1 cm³/mol. The number of carbonyl (C=O) groups is 1. The summed E-state index contributed by atoms with van der Waals surface area (Å²) in [6.07, 6.45) is 3.96. The molecule has 19 heavy (non-hydrogen) atoms. The van der Waals surface area contributed by atoms with E-state index in [9.17, 15) is 4.79 Å². The summed E-state index contributed by atoms with van der Waals surface area (Å²) in [6, 6.07) is 0. The van der Waals surface area contributed by atoms with E-state index in [0.29, 0.717) is 0 Å². The van der Waals surface area contributed by atoms with Gasteiger partial charge in [-0.3, -0.25) is 4.79 Å². The van der Waals surface area contributed by atoms with Gasteiger partial charge in [0.1, 0.15) is 0 Å². The molecule has 1 heterocycles. The van der Waals surface area contributed by atoms with Crippen molar-refractivity contribution in [2.24, 2.45) is 10.8 Å². The van der Waals surface area contributed by atoms with Gasteiger partial charge in [0.25, 0.3) is 0 Å². The summed E-state index contributed by atoms with van der Waals surface area (Å²) in [4.78, 5) is 12.5. The fraction of sp³-hybridized carbons (Fsp3) is 0.933. The maximum atomic E-state index is 12.5. The number of ether oxygens (including phenoxy) is 1. The topological polar surface area (TPSA) is 50.4 Å². The second kappa shape index (κ2) is 7.25. The molecule has 0 radical (unpaired) electrons. The lowest BCUT2D eigenvalue weighted by molar-refractivity contribution is -0.131. The van der Waals surface area contributed by atoms with Gasteiger partial charge in [-0.15, -0.1) is 0 Å². The summed E-state index contributed by atoms with van der Waals surface area (Å²) < 4.78 is 5.12. The smallest absolute Gasteiger partial charge is 0.227 e. The van der Waals surface area contributed by atoms with E-state index in [1.165, 1.54) is 0 Å². The van der Waals surface area contributed by atoms with E-state index in [1.807, 2.05) is 0 Å². The molecular weight excluding hydrogens is 240 g/mol. The maximum absolute atomic E-state index is 12.5. The van der Waals surface area contributed by atoms with Crippen molar-refractivity contribution in [2.75, 3.05) is 33.4 Å². The van der Waals surface area contributed by atoms with Crippen molar-refractivity contribution in [2.45, 2.75) is 46.5 Å². The standard InChI is InChI=1S/C15H30N2O2/c1-5-6-15(7-9-16-12-15)13(18)17-11-14(2,3)8-10-19-4/h16H,5-12H2,1-4H3,(H,17,18). The Bertz CT molecular complexity index is 284. The Morgan fingerprint density at radius 1 is 1.47 bits per heavy atom. The second-order valence-electron chi connectivity index (χ2n) is 6.55. The van der Waals surface area contributed by atoms with Gasteiger partial charge in [-0.1, -0.05) is 27.2 Å². The first-order valence-corrected chi connectivity index (χ1v) is 7.44. The molecule has 4 heteroatoms. The van der Waals surface area contributed by atoms with Crippen molar-refractivity contribution >= 4 is 5.91 Å². The van der Waals surface area contributed by atoms with Crippen molar-refractivity contribution < 1.29 is 9.53 Å². The first-order valence-electron chi connectivity index (χ1n) is 7.44. The monoisotopic (exact) mass is 270 g/mol. The molecular formula is C15H30N2O2. The highest BCUT2D eigenvalue weighted by atomic mass is 16.5. The summed E-state index contributed by atoms with van der Waals surface area (Å²) in [6.45, 7) is 9.74. The number of carbonyl (C=O) groups excluding carboxylic acids is 1. The van der Waals surface area contributed by atoms with E-state index in [-0.39, 0.29) is 16.7 Å². The molecule has 1 unspecified atom stereocenters. The molecule has 0 bridgehead atoms. The zero-order valence-electron chi connectivity index (χ0n) is 13.0. The van der Waals surface area contributed by atoms with Gasteiger partial charge in [0.05, 0.1) is 5.41 Å². The van der Waals surface area contributed by atoms with Gasteiger partial charge in [0.2, 0.25) is 5.91 Å². The van der Waals surface area contributed by atoms with Crippen LogP contribution in [0.5, 0.6) is 0 Å². The van der Waals surface area contributed by atoms with Crippen LogP contribution in [0.1, 0.15) is 46.5 Å². The van der Waals surface area contributed by atoms with Gasteiger partial charge in [-0.2, -0.15) is 0 Å². The lowest BCUT2D eigenvalue weighted by Crippen LogP contribution is -2.45. The van der Waals surface area contributed by atoms with Crippen LogP contribution in [0.3, 0.4) is 0 Å². The lowest BCUT2D eigenvalue weighted by Gasteiger charge is -2.30. The molecule has 0 saturated carbocycles. The second-order valence-corrected chi connectivity index (χ2v) is 6.55. The Morgan fingerprint density at radius 2 is 2.21 bits per heavy atom. The van der Waals surface area contributed by atoms with E-state index >= 15 is 0 Å². The molecule has 112 valence electrons. The van der Waals surface area contributed by atoms with E-state index < -0.39 is 0 Å². The van der Waals surface area contributed by atoms with Crippen molar-refractivity contribution in [1.82, 2.24) is 10.6 Å². The zero-order valence-corrected chi connectivity index (χ0v) is 13.0. The van der Waals surface area contributed by atoms with E-state index in [4.69, 9.17) is 4.74 Å². The summed E-state index contributed by atoms with van der Waals surface area (Å²) in [5, 5.41) is 6.49. The third kappa shape index (κ3) is 4.77. The largest absolute Gasteiger partial charge is 0.385 e. The molecule has 1 aliphatic heterocycles. The Kier molecular flexibility index (Phi) is 6.27. The maximum Gasteiger partial charge on any atom is 0.227 e. The molecule has 0 aliphatic carbocycles. The van der Waals surface area contributed by atoms with E-state index in [2.05, 4.69) is 31.4 Å². The van der Waals surface area contributed by atoms with Crippen LogP contribution in [-0.2, 0) is 9.53 Å². The Labute approximate surface area is 117 Å². The predicted octanol–water partition coefficient (Wildman–Crippen LogP) is 1.95. The number of methoxy groups -OCH3 is 1. The molecule has 1 aliphatic rings. The zero-order chi connectivity index (χ0) is 14.4. The quantitative estimate of drug-likeness (QED) is 0.709. The number of rotatable bonds is 8. The van der Waals surface area contributed by atoms with Crippen molar-refractivity contribution in [3.63, 3.8) is 0 Å². The average molecular weight is 270 g/mol. The minimum Gasteiger partial charge on any atom is -0.385 e. The Hall–Kier alpha value is -0.610. The molecule has 4 nitrogen and oxygen atoms in total. The molecule has 0 spiro atoms. The highest BCUT2D eigenvalue weighted by Gasteiger charge is 2.40. The van der Waals surface area contributed by atoms with Crippen LogP contribution in [0.15, 0.2) is 0 Å². The fourth-order valence-corrected chi connectivity index (χ4v) is 2.72. The molecule has 1 fully saturated rings. The highest BCUT2D eigenvalue weighted by Crippen LogP contribution is 2.31. The Balaban J connectivity index is 2.49. The minimum atomic E-state index is -0.175. The highest BCUT2D eigenvalue weighted by molar-refractivity contribution is 5.83. The van der Waals surface area contributed by atoms with E-state index in [1.54, 1.807) is 7.11 Å². The van der Waals surface area contributed by atoms with Crippen LogP contribution in [0.4, 0.5) is 0 Å². The molecule has 1 rings (SSSR count). The van der Waals surface area contributed by atoms with Crippen LogP contribution >= 0.6 is 0 Å². The molecule has 0 aromatic heterocycles. The van der Waals surface area contributed by atoms with Gasteiger partial charge < -0.3 is 15.4 Å². The van der Waals surface area contributed by atoms with Crippen LogP contribution in [0, 0.1) is 10.8 Å². The van der Waals surface area contributed by atoms with Gasteiger partial charge in [-0.05, 0) is 31.2 Å². The molecule has 0 aromatic carbocycles. The van der Waals surface area contributed by atoms with Gasteiger partial charge in [0, 0.05) is 26.8 Å². The molecule has 0 aromatic rings. The summed E-state index contributed by atoms with van der Waals surface area (Å²) in [5.74, 6) is 0.227. The fourth-order valence-electron chi connectivity index (χ4n) is 2.72. The number of hydrogen-bond acceptors (Lipinski definition) is 3. The SMILES string of the molecule is CCCC1(C(=O)NCC(C)(C)CCOC)CCNC1. The van der Waals surface area contributed by atoms with Gasteiger partial charge in [0.15, 0.2) is 0 Å². The van der Waals surface area contributed by atoms with Crippen LogP contribution in [0.25, 0.3) is 0 Å². The van der Waals surface area contributed by atoms with Gasteiger partial charge >= 0.3 is 0 Å². The molecule has 2 N–H and O–H groups in total. The van der Waals surface area contributed by atoms with E-state index in [0.717, 1.165) is 51.9 Å². The van der Waals surface area contributed by atoms with Gasteiger partial charge in [-0.25, -0.2) is 0 Å². The number of nitrogens with one attached hydrogen (secondary N) is 2. The minimum absolute atomic E-state index is 0.0884. The summed E-state index contributed by atoms with van der Waals surface area (Å²) >= 11 is 0. The third-order valence-corrected chi connectivity index (χ3v) is 4.16. The summed E-state index contributed by atoms with van der Waals surface area (Å²) in [5.41, 5.74) is -0.0861. The molecule has 1 saturated heterocycles. The normalized spacial score (nSPS) is 23.6. The van der Waals surface area contributed by atoms with Crippen LogP contribution < -0.4 is 10.6 Å². The Morgan fingerprint density at radius 3 is 2.74 bits per heavy atom. The third-order valence-electron chi connectivity index (χ3n) is 4.16. The first kappa shape index (κ1) is 16.4. The van der Waals surface area contributed by atoms with Crippen molar-refractivity contribution in [1.29, 1.82) is 0 Å². The van der Waals surface area contributed by atoms with Crippen LogP contribution in [0.2, 0.25) is 0 Å². The summed E-state index contributed by atoms with van der Waals surface area (Å²) in [7, 11) is 1.72. The molecule has 1 amide bonds. The number of amides is 1. The van der Waals surface area contributed by atoms with Crippen LogP contribution in [-0.4, -0.2) is 39.3 Å².